The lowest BCUT2D eigenvalue weighted by molar-refractivity contribution is 0.272. The van der Waals surface area contributed by atoms with Gasteiger partial charge in [-0.15, -0.1) is 11.3 Å². The van der Waals surface area contributed by atoms with E-state index in [1.165, 1.54) is 37.0 Å². The molecule has 1 aliphatic carbocycles. The molecule has 1 N–H and O–H groups in total. The van der Waals surface area contributed by atoms with Crippen LogP contribution in [0.15, 0.2) is 11.4 Å². The third-order valence-corrected chi connectivity index (χ3v) is 9.04. The molecule has 1 fully saturated rings. The van der Waals surface area contributed by atoms with Gasteiger partial charge in [-0.1, -0.05) is 25.7 Å². The number of aromatic hydroxyl groups is 1. The molecule has 0 spiro atoms. The Morgan fingerprint density at radius 3 is 2.29 bits per heavy atom. The molecule has 2 rings (SSSR count). The minimum atomic E-state index is -2.98. The zero-order valence-electron chi connectivity index (χ0n) is 15.3. The lowest BCUT2D eigenvalue weighted by Gasteiger charge is -2.30. The van der Waals surface area contributed by atoms with E-state index in [1.54, 1.807) is 37.5 Å². The van der Waals surface area contributed by atoms with Gasteiger partial charge in [0.15, 0.2) is 9.84 Å². The highest BCUT2D eigenvalue weighted by Crippen LogP contribution is 2.34. The van der Waals surface area contributed by atoms with Crippen molar-refractivity contribution in [1.29, 1.82) is 0 Å². The second-order valence-electron chi connectivity index (χ2n) is 8.30. The van der Waals surface area contributed by atoms with Crippen LogP contribution in [0.1, 0.15) is 70.6 Å². The summed E-state index contributed by atoms with van der Waals surface area (Å²) in [4.78, 5) is 1.27. The van der Waals surface area contributed by atoms with Crippen LogP contribution in [0, 0.1) is 11.8 Å². The summed E-state index contributed by atoms with van der Waals surface area (Å²) in [5, 5.41) is 11.1. The van der Waals surface area contributed by atoms with Gasteiger partial charge in [0.25, 0.3) is 0 Å². The first-order chi connectivity index (χ1) is 11.2. The van der Waals surface area contributed by atoms with Crippen LogP contribution in [0.5, 0.6) is 5.75 Å². The molecule has 0 bridgehead atoms. The molecular formula is C19H32O3S2. The van der Waals surface area contributed by atoms with E-state index in [0.717, 1.165) is 25.2 Å². The molecule has 0 unspecified atom stereocenters. The maximum absolute atomic E-state index is 12.3. The Labute approximate surface area is 151 Å². The highest BCUT2D eigenvalue weighted by Gasteiger charge is 2.33. The number of sulfone groups is 1. The molecular weight excluding hydrogens is 340 g/mol. The van der Waals surface area contributed by atoms with Crippen LogP contribution in [0.25, 0.3) is 0 Å². The third kappa shape index (κ3) is 5.76. The molecule has 1 saturated carbocycles. The molecule has 1 aromatic rings. The highest BCUT2D eigenvalue weighted by molar-refractivity contribution is 7.92. The molecule has 0 radical (unpaired) electrons. The third-order valence-electron chi connectivity index (χ3n) is 5.28. The molecule has 5 heteroatoms. The SMILES string of the molecule is CC(C)(C)S(=O)(=O)CC1CCC(CCCCc2cc(O)cs2)CC1. The summed E-state index contributed by atoms with van der Waals surface area (Å²) >= 11 is 1.64. The van der Waals surface area contributed by atoms with Gasteiger partial charge >= 0.3 is 0 Å². The van der Waals surface area contributed by atoms with Gasteiger partial charge in [-0.25, -0.2) is 8.42 Å². The maximum atomic E-state index is 12.3. The van der Waals surface area contributed by atoms with Gasteiger partial charge in [0.05, 0.1) is 10.5 Å². The number of thiophene rings is 1. The van der Waals surface area contributed by atoms with Crippen LogP contribution >= 0.6 is 11.3 Å². The summed E-state index contributed by atoms with van der Waals surface area (Å²) in [6.07, 6.45) is 9.23. The summed E-state index contributed by atoms with van der Waals surface area (Å²) in [6, 6.07) is 1.87. The molecule has 24 heavy (non-hydrogen) atoms. The quantitative estimate of drug-likeness (QED) is 0.670. The molecule has 0 atom stereocenters. The van der Waals surface area contributed by atoms with Crippen LogP contribution in [0.3, 0.4) is 0 Å². The van der Waals surface area contributed by atoms with Crippen LogP contribution in [0.2, 0.25) is 0 Å². The van der Waals surface area contributed by atoms with Crippen molar-refractivity contribution in [3.8, 4) is 5.75 Å². The Hall–Kier alpha value is -0.550. The second kappa shape index (κ2) is 8.22. The zero-order chi connectivity index (χ0) is 17.8. The zero-order valence-corrected chi connectivity index (χ0v) is 16.9. The van der Waals surface area contributed by atoms with Crippen molar-refractivity contribution in [3.05, 3.63) is 16.3 Å². The van der Waals surface area contributed by atoms with E-state index in [4.69, 9.17) is 0 Å². The molecule has 0 saturated heterocycles. The molecule has 0 amide bonds. The normalized spacial score (nSPS) is 22.6. The van der Waals surface area contributed by atoms with E-state index in [9.17, 15) is 13.5 Å². The van der Waals surface area contributed by atoms with Crippen molar-refractivity contribution in [2.75, 3.05) is 5.75 Å². The van der Waals surface area contributed by atoms with E-state index < -0.39 is 14.6 Å². The Kier molecular flexibility index (Phi) is 6.77. The summed E-state index contributed by atoms with van der Waals surface area (Å²) in [5.41, 5.74) is 0. The molecule has 3 nitrogen and oxygen atoms in total. The van der Waals surface area contributed by atoms with Gasteiger partial charge in [0, 0.05) is 10.3 Å². The Morgan fingerprint density at radius 1 is 1.12 bits per heavy atom. The van der Waals surface area contributed by atoms with E-state index >= 15 is 0 Å². The fourth-order valence-corrected chi connectivity index (χ4v) is 5.72. The van der Waals surface area contributed by atoms with E-state index in [0.29, 0.717) is 17.4 Å². The standard InChI is InChI=1S/C19H32O3S2/c1-19(2,3)24(21,22)14-16-10-8-15(9-11-16)6-4-5-7-18-12-17(20)13-23-18/h12-13,15-16,20H,4-11,14H2,1-3H3. The van der Waals surface area contributed by atoms with E-state index in [2.05, 4.69) is 0 Å². The number of aryl methyl sites for hydroxylation is 1. The topological polar surface area (TPSA) is 54.4 Å². The Morgan fingerprint density at radius 2 is 1.75 bits per heavy atom. The first-order valence-electron chi connectivity index (χ1n) is 9.16. The predicted octanol–water partition coefficient (Wildman–Crippen LogP) is 5.19. The predicted molar refractivity (Wildman–Crippen MR) is 103 cm³/mol. The first-order valence-corrected chi connectivity index (χ1v) is 11.7. The molecule has 0 aromatic carbocycles. The maximum Gasteiger partial charge on any atom is 0.155 e. The van der Waals surface area contributed by atoms with Gasteiger partial charge in [-0.2, -0.15) is 0 Å². The van der Waals surface area contributed by atoms with Crippen molar-refractivity contribution in [2.45, 2.75) is 76.9 Å². The van der Waals surface area contributed by atoms with Crippen molar-refractivity contribution in [1.82, 2.24) is 0 Å². The van der Waals surface area contributed by atoms with Crippen LogP contribution in [0.4, 0.5) is 0 Å². The van der Waals surface area contributed by atoms with Gasteiger partial charge in [0.1, 0.15) is 5.75 Å². The first kappa shape index (κ1) is 19.8. The van der Waals surface area contributed by atoms with E-state index in [-0.39, 0.29) is 0 Å². The molecule has 1 aliphatic rings. The van der Waals surface area contributed by atoms with Gasteiger partial charge in [-0.3, -0.25) is 0 Å². The van der Waals surface area contributed by atoms with Gasteiger partial charge in [-0.05, 0) is 64.4 Å². The van der Waals surface area contributed by atoms with Crippen LogP contribution in [-0.2, 0) is 16.3 Å². The van der Waals surface area contributed by atoms with Crippen LogP contribution in [-0.4, -0.2) is 24.0 Å². The smallest absolute Gasteiger partial charge is 0.155 e. The Bertz CT molecular complexity index is 603. The fraction of sp³-hybridized carbons (Fsp3) is 0.789. The molecule has 1 aromatic heterocycles. The Balaban J connectivity index is 1.64. The molecule has 1 heterocycles. The lowest BCUT2D eigenvalue weighted by atomic mass is 9.80. The fourth-order valence-electron chi connectivity index (χ4n) is 3.48. The minimum Gasteiger partial charge on any atom is -0.507 e. The average Bonchev–Trinajstić information content (AvgIpc) is 2.89. The summed E-state index contributed by atoms with van der Waals surface area (Å²) < 4.78 is 24.0. The molecule has 138 valence electrons. The number of hydrogen-bond donors (Lipinski definition) is 1. The summed E-state index contributed by atoms with van der Waals surface area (Å²) in [5.74, 6) is 1.89. The monoisotopic (exact) mass is 372 g/mol. The average molecular weight is 373 g/mol. The number of unbranched alkanes of at least 4 members (excludes halogenated alkanes) is 1. The van der Waals surface area contributed by atoms with Gasteiger partial charge < -0.3 is 5.11 Å². The summed E-state index contributed by atoms with van der Waals surface area (Å²) in [7, 11) is -2.98. The number of hydrogen-bond acceptors (Lipinski definition) is 4. The second-order valence-corrected chi connectivity index (χ2v) is 12.1. The summed E-state index contributed by atoms with van der Waals surface area (Å²) in [6.45, 7) is 5.42. The van der Waals surface area contributed by atoms with Crippen molar-refractivity contribution >= 4 is 21.2 Å². The van der Waals surface area contributed by atoms with E-state index in [1.807, 2.05) is 6.07 Å². The van der Waals surface area contributed by atoms with Crippen molar-refractivity contribution in [3.63, 3.8) is 0 Å². The largest absolute Gasteiger partial charge is 0.507 e. The van der Waals surface area contributed by atoms with Crippen LogP contribution < -0.4 is 0 Å². The lowest BCUT2D eigenvalue weighted by Crippen LogP contribution is -2.34. The van der Waals surface area contributed by atoms with Crippen molar-refractivity contribution < 1.29 is 13.5 Å². The van der Waals surface area contributed by atoms with Gasteiger partial charge in [0.2, 0.25) is 0 Å². The van der Waals surface area contributed by atoms with Crippen molar-refractivity contribution in [2.24, 2.45) is 11.8 Å². The molecule has 0 aliphatic heterocycles. The minimum absolute atomic E-state index is 0.361. The number of rotatable bonds is 7. The highest BCUT2D eigenvalue weighted by atomic mass is 32.2.